The molecule has 2 N–H and O–H groups in total. The Balaban J connectivity index is 1.35. The molecule has 192 valence electrons. The first-order valence-electron chi connectivity index (χ1n) is 11.7. The molecule has 3 amide bonds. The molecule has 5 rings (SSSR count). The number of nitrogens with one attached hydrogen (secondary N) is 2. The number of oxazole rings is 1. The Morgan fingerprint density at radius 3 is 2.76 bits per heavy atom. The molecule has 0 radical (unpaired) electrons. The summed E-state index contributed by atoms with van der Waals surface area (Å²) >= 11 is 0. The first kappa shape index (κ1) is 24.2. The number of rotatable bonds is 6. The maximum Gasteiger partial charge on any atom is 0.417 e. The van der Waals surface area contributed by atoms with Gasteiger partial charge in [0, 0.05) is 38.8 Å². The molecular formula is C24H25N7O6. The first-order valence-corrected chi connectivity index (χ1v) is 11.7. The van der Waals surface area contributed by atoms with Gasteiger partial charge >= 0.3 is 5.76 Å². The summed E-state index contributed by atoms with van der Waals surface area (Å²) in [5.41, 5.74) is 2.15. The predicted octanol–water partition coefficient (Wildman–Crippen LogP) is 0.413. The molecule has 1 aliphatic rings. The highest BCUT2D eigenvalue weighted by atomic mass is 16.5. The van der Waals surface area contributed by atoms with E-state index in [0.29, 0.717) is 43.1 Å². The number of ether oxygens (including phenoxy) is 1. The molecular weight excluding hydrogens is 482 g/mol. The van der Waals surface area contributed by atoms with Gasteiger partial charge in [-0.25, -0.2) is 14.3 Å². The standard InChI is InChI=1S/C24H25N7O6/c1-14(22(33)30-7-9-36-10-8-30)26-21(32)18-12-17(27-20-5-6-25-31(18)20)23(34)29(2)13-15-3-4-19-16(11-15)28-24(35)37-19/h3-6,11-12,14H,7-10,13H2,1-2H3,(H,26,32)(H,28,35)/t14-/m0/s1. The number of amides is 3. The van der Waals surface area contributed by atoms with E-state index in [1.807, 2.05) is 0 Å². The summed E-state index contributed by atoms with van der Waals surface area (Å²) in [7, 11) is 1.61. The number of nitrogens with zero attached hydrogens (tertiary/aromatic N) is 5. The Hall–Kier alpha value is -4.52. The summed E-state index contributed by atoms with van der Waals surface area (Å²) in [6.07, 6.45) is 1.47. The minimum absolute atomic E-state index is 0.0469. The molecule has 13 nitrogen and oxygen atoms in total. The Labute approximate surface area is 210 Å². The van der Waals surface area contributed by atoms with E-state index in [9.17, 15) is 19.2 Å². The molecule has 0 bridgehead atoms. The second kappa shape index (κ2) is 9.85. The van der Waals surface area contributed by atoms with Crippen LogP contribution in [0, 0.1) is 0 Å². The lowest BCUT2D eigenvalue weighted by atomic mass is 10.2. The van der Waals surface area contributed by atoms with Crippen LogP contribution in [0.5, 0.6) is 0 Å². The van der Waals surface area contributed by atoms with Gasteiger partial charge in [0.05, 0.1) is 24.9 Å². The van der Waals surface area contributed by atoms with Crippen molar-refractivity contribution in [2.24, 2.45) is 0 Å². The Morgan fingerprint density at radius 1 is 1.19 bits per heavy atom. The van der Waals surface area contributed by atoms with Crippen LogP contribution in [-0.4, -0.2) is 86.5 Å². The van der Waals surface area contributed by atoms with E-state index >= 15 is 0 Å². The third-order valence-electron chi connectivity index (χ3n) is 6.10. The molecule has 1 saturated heterocycles. The number of carbonyl (C=O) groups is 3. The Kier molecular flexibility index (Phi) is 6.44. The number of hydrogen-bond acceptors (Lipinski definition) is 8. The summed E-state index contributed by atoms with van der Waals surface area (Å²) in [6, 6.07) is 7.29. The van der Waals surface area contributed by atoms with Crippen LogP contribution in [0.4, 0.5) is 0 Å². The fourth-order valence-corrected chi connectivity index (χ4v) is 4.21. The lowest BCUT2D eigenvalue weighted by Crippen LogP contribution is -2.50. The van der Waals surface area contributed by atoms with E-state index < -0.39 is 23.6 Å². The molecule has 13 heteroatoms. The molecule has 0 saturated carbocycles. The van der Waals surface area contributed by atoms with Gasteiger partial charge in [0.2, 0.25) is 5.91 Å². The average Bonchev–Trinajstić information content (AvgIpc) is 3.52. The molecule has 0 spiro atoms. The number of morpholine rings is 1. The fourth-order valence-electron chi connectivity index (χ4n) is 4.21. The summed E-state index contributed by atoms with van der Waals surface area (Å²) in [4.78, 5) is 60.6. The van der Waals surface area contributed by atoms with Crippen LogP contribution in [-0.2, 0) is 16.1 Å². The monoisotopic (exact) mass is 507 g/mol. The summed E-state index contributed by atoms with van der Waals surface area (Å²) < 4.78 is 11.6. The maximum atomic E-state index is 13.2. The van der Waals surface area contributed by atoms with Crippen LogP contribution in [0.25, 0.3) is 16.7 Å². The lowest BCUT2D eigenvalue weighted by molar-refractivity contribution is -0.136. The van der Waals surface area contributed by atoms with Gasteiger partial charge in [0.25, 0.3) is 11.8 Å². The highest BCUT2D eigenvalue weighted by molar-refractivity contribution is 6.00. The van der Waals surface area contributed by atoms with Crippen molar-refractivity contribution in [3.63, 3.8) is 0 Å². The average molecular weight is 508 g/mol. The van der Waals surface area contributed by atoms with Crippen LogP contribution in [0.3, 0.4) is 0 Å². The molecule has 4 aromatic rings. The fraction of sp³-hybridized carbons (Fsp3) is 0.333. The molecule has 37 heavy (non-hydrogen) atoms. The van der Waals surface area contributed by atoms with E-state index in [0.717, 1.165) is 5.56 Å². The number of carbonyl (C=O) groups excluding carboxylic acids is 3. The number of benzene rings is 1. The third kappa shape index (κ3) is 4.93. The lowest BCUT2D eigenvalue weighted by Gasteiger charge is -2.29. The quantitative estimate of drug-likeness (QED) is 0.380. The SMILES string of the molecule is C[C@H](NC(=O)c1cc(C(=O)N(C)Cc2ccc3oc(=O)[nH]c3c2)nc2ccnn12)C(=O)N1CCOCC1. The van der Waals surface area contributed by atoms with Crippen LogP contribution in [0.2, 0.25) is 0 Å². The molecule has 4 heterocycles. The second-order valence-electron chi connectivity index (χ2n) is 8.77. The second-order valence-corrected chi connectivity index (χ2v) is 8.77. The predicted molar refractivity (Wildman–Crippen MR) is 130 cm³/mol. The van der Waals surface area contributed by atoms with Gasteiger partial charge < -0.3 is 24.3 Å². The van der Waals surface area contributed by atoms with E-state index in [1.54, 1.807) is 43.1 Å². The molecule has 0 aliphatic carbocycles. The van der Waals surface area contributed by atoms with Gasteiger partial charge in [-0.2, -0.15) is 5.10 Å². The highest BCUT2D eigenvalue weighted by Crippen LogP contribution is 2.16. The molecule has 3 aromatic heterocycles. The van der Waals surface area contributed by atoms with Crippen molar-refractivity contribution < 1.29 is 23.5 Å². The van der Waals surface area contributed by atoms with Crippen LogP contribution < -0.4 is 11.1 Å². The van der Waals surface area contributed by atoms with Crippen molar-refractivity contribution in [2.75, 3.05) is 33.4 Å². The minimum Gasteiger partial charge on any atom is -0.408 e. The summed E-state index contributed by atoms with van der Waals surface area (Å²) in [5.74, 6) is -1.75. The van der Waals surface area contributed by atoms with E-state index in [2.05, 4.69) is 20.4 Å². The molecule has 1 aromatic carbocycles. The zero-order chi connectivity index (χ0) is 26.1. The Bertz CT molecular complexity index is 1550. The largest absolute Gasteiger partial charge is 0.417 e. The normalized spacial score (nSPS) is 14.6. The van der Waals surface area contributed by atoms with E-state index in [-0.39, 0.29) is 23.8 Å². The van der Waals surface area contributed by atoms with Crippen molar-refractivity contribution in [1.82, 2.24) is 34.7 Å². The number of aromatic amines is 1. The van der Waals surface area contributed by atoms with Gasteiger partial charge in [-0.3, -0.25) is 19.4 Å². The van der Waals surface area contributed by atoms with Crippen LogP contribution in [0.1, 0.15) is 33.5 Å². The van der Waals surface area contributed by atoms with Gasteiger partial charge in [-0.1, -0.05) is 6.07 Å². The van der Waals surface area contributed by atoms with E-state index in [4.69, 9.17) is 9.15 Å². The topological polar surface area (TPSA) is 155 Å². The van der Waals surface area contributed by atoms with Crippen molar-refractivity contribution in [2.45, 2.75) is 19.5 Å². The van der Waals surface area contributed by atoms with Crippen molar-refractivity contribution >= 4 is 34.5 Å². The molecule has 1 atom stereocenters. The molecule has 1 fully saturated rings. The summed E-state index contributed by atoms with van der Waals surface area (Å²) in [5, 5.41) is 6.85. The molecule has 1 aliphatic heterocycles. The maximum absolute atomic E-state index is 13.2. The zero-order valence-corrected chi connectivity index (χ0v) is 20.3. The number of H-pyrrole nitrogens is 1. The third-order valence-corrected chi connectivity index (χ3v) is 6.10. The van der Waals surface area contributed by atoms with Crippen LogP contribution in [0.15, 0.2) is 45.7 Å². The van der Waals surface area contributed by atoms with Gasteiger partial charge in [0.15, 0.2) is 11.2 Å². The first-order chi connectivity index (χ1) is 17.8. The number of fused-ring (bicyclic) bond motifs is 2. The zero-order valence-electron chi connectivity index (χ0n) is 20.3. The van der Waals surface area contributed by atoms with Gasteiger partial charge in [-0.05, 0) is 24.6 Å². The van der Waals surface area contributed by atoms with Crippen molar-refractivity contribution in [1.29, 1.82) is 0 Å². The van der Waals surface area contributed by atoms with E-state index in [1.165, 1.54) is 21.7 Å². The van der Waals surface area contributed by atoms with Crippen LogP contribution >= 0.6 is 0 Å². The van der Waals surface area contributed by atoms with Gasteiger partial charge in [-0.15, -0.1) is 0 Å². The summed E-state index contributed by atoms with van der Waals surface area (Å²) in [6.45, 7) is 3.68. The Morgan fingerprint density at radius 2 is 1.97 bits per heavy atom. The van der Waals surface area contributed by atoms with Crippen molar-refractivity contribution in [3.05, 3.63) is 64.0 Å². The van der Waals surface area contributed by atoms with Crippen molar-refractivity contribution in [3.8, 4) is 0 Å². The highest BCUT2D eigenvalue weighted by Gasteiger charge is 2.26. The number of hydrogen-bond donors (Lipinski definition) is 2. The number of aromatic nitrogens is 4. The smallest absolute Gasteiger partial charge is 0.408 e. The van der Waals surface area contributed by atoms with Gasteiger partial charge in [0.1, 0.15) is 17.4 Å². The minimum atomic E-state index is -0.782. The molecule has 0 unspecified atom stereocenters.